The van der Waals surface area contributed by atoms with E-state index in [-0.39, 0.29) is 5.69 Å². The molecule has 132 valence electrons. The molecule has 0 aliphatic rings. The zero-order valence-electron chi connectivity index (χ0n) is 13.6. The molecular weight excluding hydrogens is 377 g/mol. The van der Waals surface area contributed by atoms with Gasteiger partial charge in [0.2, 0.25) is 0 Å². The number of carbonyl (C=O) groups is 2. The highest BCUT2D eigenvalue weighted by Gasteiger charge is 2.20. The van der Waals surface area contributed by atoms with Crippen molar-refractivity contribution in [2.75, 3.05) is 5.32 Å². The molecule has 26 heavy (non-hydrogen) atoms. The number of halogens is 2. The number of para-hydroxylation sites is 2. The minimum Gasteiger partial charge on any atom is -0.448 e. The van der Waals surface area contributed by atoms with Crippen LogP contribution in [0.25, 0.3) is 11.0 Å². The number of anilines is 1. The Labute approximate surface area is 159 Å². The Morgan fingerprint density at radius 2 is 1.73 bits per heavy atom. The van der Waals surface area contributed by atoms with Crippen molar-refractivity contribution in [1.29, 1.82) is 0 Å². The molecule has 0 saturated carbocycles. The molecule has 0 saturated heterocycles. The quantitative estimate of drug-likeness (QED) is 0.678. The minimum atomic E-state index is -1.05. The molecule has 0 radical (unpaired) electrons. The lowest BCUT2D eigenvalue weighted by Gasteiger charge is -2.13. The van der Waals surface area contributed by atoms with Crippen LogP contribution in [0.4, 0.5) is 5.69 Å². The van der Waals surface area contributed by atoms with E-state index in [1.807, 2.05) is 6.07 Å². The van der Waals surface area contributed by atoms with Crippen LogP contribution in [0.2, 0.25) is 10.0 Å². The molecule has 3 rings (SSSR count). The van der Waals surface area contributed by atoms with E-state index in [4.69, 9.17) is 27.9 Å². The number of fused-ring (bicyclic) bond motifs is 1. The van der Waals surface area contributed by atoms with Crippen molar-refractivity contribution in [3.05, 3.63) is 64.4 Å². The van der Waals surface area contributed by atoms with Gasteiger partial charge >= 0.3 is 5.97 Å². The van der Waals surface area contributed by atoms with Gasteiger partial charge in [-0.2, -0.15) is 0 Å². The maximum absolute atomic E-state index is 12.2. The van der Waals surface area contributed by atoms with Gasteiger partial charge in [-0.05, 0) is 37.3 Å². The highest BCUT2D eigenvalue weighted by atomic mass is 35.5. The van der Waals surface area contributed by atoms with Crippen LogP contribution in [0.15, 0.2) is 48.7 Å². The normalized spacial score (nSPS) is 11.8. The van der Waals surface area contributed by atoms with Crippen LogP contribution in [0.1, 0.15) is 17.4 Å². The van der Waals surface area contributed by atoms with E-state index in [0.717, 1.165) is 0 Å². The van der Waals surface area contributed by atoms with E-state index in [0.29, 0.717) is 26.8 Å². The number of esters is 1. The Morgan fingerprint density at radius 3 is 2.42 bits per heavy atom. The Kier molecular flexibility index (Phi) is 5.35. The lowest BCUT2D eigenvalue weighted by Crippen LogP contribution is -2.30. The molecule has 6 nitrogen and oxygen atoms in total. The van der Waals surface area contributed by atoms with E-state index < -0.39 is 18.0 Å². The van der Waals surface area contributed by atoms with E-state index in [9.17, 15) is 9.59 Å². The zero-order chi connectivity index (χ0) is 18.7. The van der Waals surface area contributed by atoms with Crippen LogP contribution in [0.3, 0.4) is 0 Å². The first-order chi connectivity index (χ1) is 12.4. The maximum Gasteiger partial charge on any atom is 0.359 e. The molecule has 0 bridgehead atoms. The lowest BCUT2D eigenvalue weighted by atomic mass is 10.3. The second kappa shape index (κ2) is 7.68. The molecule has 3 aromatic rings. The Bertz CT molecular complexity index is 974. The molecule has 0 fully saturated rings. The molecule has 1 heterocycles. The molecule has 1 N–H and O–H groups in total. The summed E-state index contributed by atoms with van der Waals surface area (Å²) in [7, 11) is 0. The van der Waals surface area contributed by atoms with Crippen molar-refractivity contribution in [1.82, 2.24) is 9.97 Å². The Morgan fingerprint density at radius 1 is 1.08 bits per heavy atom. The van der Waals surface area contributed by atoms with Gasteiger partial charge in [0, 0.05) is 15.7 Å². The van der Waals surface area contributed by atoms with Gasteiger partial charge in [0.1, 0.15) is 0 Å². The second-order valence-electron chi connectivity index (χ2n) is 5.44. The van der Waals surface area contributed by atoms with Crippen LogP contribution in [0.5, 0.6) is 0 Å². The van der Waals surface area contributed by atoms with Gasteiger partial charge < -0.3 is 10.1 Å². The minimum absolute atomic E-state index is 0.0224. The summed E-state index contributed by atoms with van der Waals surface area (Å²) < 4.78 is 5.16. The summed E-state index contributed by atoms with van der Waals surface area (Å²) in [4.78, 5) is 32.8. The van der Waals surface area contributed by atoms with Gasteiger partial charge in [0.25, 0.3) is 5.91 Å². The number of nitrogens with zero attached hydrogens (tertiary/aromatic N) is 2. The molecule has 0 spiro atoms. The van der Waals surface area contributed by atoms with Crippen LogP contribution < -0.4 is 5.32 Å². The average molecular weight is 390 g/mol. The van der Waals surface area contributed by atoms with Crippen molar-refractivity contribution >= 4 is 51.8 Å². The van der Waals surface area contributed by atoms with Crippen LogP contribution >= 0.6 is 23.2 Å². The maximum atomic E-state index is 12.2. The molecule has 2 aromatic carbocycles. The molecule has 8 heteroatoms. The molecule has 0 unspecified atom stereocenters. The summed E-state index contributed by atoms with van der Waals surface area (Å²) in [6, 6.07) is 11.7. The highest BCUT2D eigenvalue weighted by Crippen LogP contribution is 2.22. The average Bonchev–Trinajstić information content (AvgIpc) is 2.60. The summed E-state index contributed by atoms with van der Waals surface area (Å²) in [6.45, 7) is 1.45. The number of nitrogens with one attached hydrogen (secondary N) is 1. The Balaban J connectivity index is 1.68. The van der Waals surface area contributed by atoms with Crippen molar-refractivity contribution in [3.8, 4) is 0 Å². The van der Waals surface area contributed by atoms with Gasteiger partial charge in [-0.1, -0.05) is 35.3 Å². The second-order valence-corrected chi connectivity index (χ2v) is 6.31. The van der Waals surface area contributed by atoms with Gasteiger partial charge in [-0.25, -0.2) is 9.78 Å². The number of ether oxygens (including phenoxy) is 1. The molecule has 1 atom stereocenters. The summed E-state index contributed by atoms with van der Waals surface area (Å²) in [5, 5.41) is 3.35. The first-order valence-electron chi connectivity index (χ1n) is 7.62. The fraction of sp³-hybridized carbons (Fsp3) is 0.111. The number of rotatable bonds is 4. The van der Waals surface area contributed by atoms with Crippen LogP contribution in [-0.4, -0.2) is 27.9 Å². The smallest absolute Gasteiger partial charge is 0.359 e. The summed E-state index contributed by atoms with van der Waals surface area (Å²) >= 11 is 11.8. The fourth-order valence-electron chi connectivity index (χ4n) is 2.20. The molecule has 1 aromatic heterocycles. The van der Waals surface area contributed by atoms with Crippen molar-refractivity contribution < 1.29 is 14.3 Å². The predicted octanol–water partition coefficient (Wildman–Crippen LogP) is 4.12. The van der Waals surface area contributed by atoms with E-state index in [1.54, 1.807) is 24.3 Å². The molecule has 1 amide bonds. The summed E-state index contributed by atoms with van der Waals surface area (Å²) in [5.74, 6) is -1.26. The Hall–Kier alpha value is -2.70. The number of amides is 1. The molecule has 0 aliphatic carbocycles. The van der Waals surface area contributed by atoms with E-state index in [2.05, 4.69) is 15.3 Å². The van der Waals surface area contributed by atoms with Gasteiger partial charge in [-0.15, -0.1) is 0 Å². The van der Waals surface area contributed by atoms with E-state index >= 15 is 0 Å². The van der Waals surface area contributed by atoms with Gasteiger partial charge in [-0.3, -0.25) is 9.78 Å². The number of carbonyl (C=O) groups excluding carboxylic acids is 2. The first-order valence-corrected chi connectivity index (χ1v) is 8.38. The highest BCUT2D eigenvalue weighted by molar-refractivity contribution is 6.35. The summed E-state index contributed by atoms with van der Waals surface area (Å²) in [5.41, 5.74) is 1.65. The van der Waals surface area contributed by atoms with Crippen LogP contribution in [0, 0.1) is 0 Å². The number of hydrogen-bond acceptors (Lipinski definition) is 5. The van der Waals surface area contributed by atoms with Crippen molar-refractivity contribution in [2.24, 2.45) is 0 Å². The predicted molar refractivity (Wildman–Crippen MR) is 99.5 cm³/mol. The number of hydrogen-bond donors (Lipinski definition) is 1. The number of aromatic nitrogens is 2. The first kappa shape index (κ1) is 18.1. The third kappa shape index (κ3) is 4.28. The monoisotopic (exact) mass is 389 g/mol. The summed E-state index contributed by atoms with van der Waals surface area (Å²) in [6.07, 6.45) is 0.264. The van der Waals surface area contributed by atoms with Crippen molar-refractivity contribution in [3.63, 3.8) is 0 Å². The SMILES string of the molecule is C[C@@H](OC(=O)c1cnc2ccccc2n1)C(=O)Nc1cc(Cl)cc(Cl)c1. The topological polar surface area (TPSA) is 81.2 Å². The van der Waals surface area contributed by atoms with Crippen molar-refractivity contribution in [2.45, 2.75) is 13.0 Å². The largest absolute Gasteiger partial charge is 0.448 e. The standard InChI is InChI=1S/C18H13Cl2N3O3/c1-10(17(24)22-13-7-11(19)6-12(20)8-13)26-18(25)16-9-21-14-4-2-3-5-15(14)23-16/h2-10H,1H3,(H,22,24)/t10-/m1/s1. The lowest BCUT2D eigenvalue weighted by molar-refractivity contribution is -0.123. The third-order valence-electron chi connectivity index (χ3n) is 3.44. The number of benzene rings is 2. The third-order valence-corrected chi connectivity index (χ3v) is 3.88. The van der Waals surface area contributed by atoms with Gasteiger partial charge in [0.05, 0.1) is 17.2 Å². The molecule has 0 aliphatic heterocycles. The van der Waals surface area contributed by atoms with Crippen LogP contribution in [-0.2, 0) is 9.53 Å². The van der Waals surface area contributed by atoms with Gasteiger partial charge in [0.15, 0.2) is 11.8 Å². The zero-order valence-corrected chi connectivity index (χ0v) is 15.1. The fourth-order valence-corrected chi connectivity index (χ4v) is 2.73. The van der Waals surface area contributed by atoms with E-state index in [1.165, 1.54) is 25.3 Å². The molecular formula is C18H13Cl2N3O3.